The van der Waals surface area contributed by atoms with Crippen molar-refractivity contribution >= 4 is 22.6 Å². The summed E-state index contributed by atoms with van der Waals surface area (Å²) in [4.78, 5) is 49.5. The van der Waals surface area contributed by atoms with Gasteiger partial charge in [0, 0.05) is 51.9 Å². The fraction of sp³-hybridized carbons (Fsp3) is 0.406. The van der Waals surface area contributed by atoms with Crippen LogP contribution in [0.25, 0.3) is 11.0 Å². The Labute approximate surface area is 253 Å². The lowest BCUT2D eigenvalue weighted by Crippen LogP contribution is -2.32. The zero-order valence-corrected chi connectivity index (χ0v) is 24.9. The number of pyridine rings is 1. The Bertz CT molecular complexity index is 1810. The summed E-state index contributed by atoms with van der Waals surface area (Å²) in [7, 11) is 3.15. The van der Waals surface area contributed by atoms with Crippen LogP contribution in [0.4, 0.5) is 10.1 Å². The summed E-state index contributed by atoms with van der Waals surface area (Å²) in [6.45, 7) is 4.50. The summed E-state index contributed by atoms with van der Waals surface area (Å²) in [5, 5.41) is 9.26. The average Bonchev–Trinajstić information content (AvgIpc) is 3.70. The predicted molar refractivity (Wildman–Crippen MR) is 165 cm³/mol. The van der Waals surface area contributed by atoms with E-state index in [0.717, 1.165) is 74.6 Å². The van der Waals surface area contributed by atoms with Gasteiger partial charge in [-0.1, -0.05) is 6.07 Å². The smallest absolute Gasteiger partial charge is 0.326 e. The molecule has 2 fully saturated rings. The lowest BCUT2D eigenvalue weighted by atomic mass is 9.86. The van der Waals surface area contributed by atoms with Crippen LogP contribution >= 0.6 is 0 Å². The van der Waals surface area contributed by atoms with Gasteiger partial charge in [0.2, 0.25) is 5.75 Å². The second-order valence-corrected chi connectivity index (χ2v) is 12.1. The molecule has 11 nitrogen and oxygen atoms in total. The van der Waals surface area contributed by atoms with Crippen molar-refractivity contribution in [3.63, 3.8) is 0 Å². The van der Waals surface area contributed by atoms with Gasteiger partial charge in [0.1, 0.15) is 11.6 Å². The first-order valence-corrected chi connectivity index (χ1v) is 14.9. The molecule has 6 rings (SSSR count). The normalized spacial score (nSPS) is 18.5. The Kier molecular flexibility index (Phi) is 8.04. The number of hydrogen-bond donors (Lipinski definition) is 3. The molecular weight excluding hydrogens is 567 g/mol. The van der Waals surface area contributed by atoms with E-state index in [2.05, 4.69) is 19.8 Å². The summed E-state index contributed by atoms with van der Waals surface area (Å²) in [6, 6.07) is 11.5. The van der Waals surface area contributed by atoms with Gasteiger partial charge in [0.15, 0.2) is 0 Å². The highest BCUT2D eigenvalue weighted by Crippen LogP contribution is 2.43. The summed E-state index contributed by atoms with van der Waals surface area (Å²) in [5.41, 5.74) is 2.85. The Morgan fingerprint density at radius 1 is 1.07 bits per heavy atom. The number of carbonyl (C=O) groups is 1. The van der Waals surface area contributed by atoms with E-state index in [9.17, 15) is 23.9 Å². The molecule has 1 atom stereocenters. The fourth-order valence-corrected chi connectivity index (χ4v) is 6.58. The van der Waals surface area contributed by atoms with Crippen molar-refractivity contribution in [1.29, 1.82) is 0 Å². The van der Waals surface area contributed by atoms with Gasteiger partial charge in [-0.05, 0) is 67.8 Å². The van der Waals surface area contributed by atoms with E-state index in [4.69, 9.17) is 4.74 Å². The number of likely N-dealkylation sites (tertiary alicyclic amines) is 1. The van der Waals surface area contributed by atoms with Gasteiger partial charge in [-0.2, -0.15) is 0 Å². The first-order chi connectivity index (χ1) is 21.2. The highest BCUT2D eigenvalue weighted by molar-refractivity contribution is 5.96. The molecule has 0 bridgehead atoms. The Hall–Kier alpha value is -4.42. The topological polar surface area (TPSA) is 127 Å². The number of nitrogens with one attached hydrogen (secondary N) is 2. The molecule has 1 amide bonds. The number of aromatic nitrogens is 3. The monoisotopic (exact) mass is 604 g/mol. The standard InChI is InChI=1S/C32H37FN6O5/c1-36(2)30(42)23-18-22(33)4-6-27(23)44-28-26(7-11-34-29(28)41)38-14-10-32(20-38)9-13-37(19-32)12-8-21-3-5-25-24(17-21)35-31(43)39(25)15-16-40/h3-7,11,17-18,40H,8-10,12-16,19-20H2,1-2H3,(H,34,41)(H,35,43). The van der Waals surface area contributed by atoms with Crippen molar-refractivity contribution < 1.29 is 19.0 Å². The molecule has 0 radical (unpaired) electrons. The molecule has 2 saturated heterocycles. The third kappa shape index (κ3) is 5.74. The second-order valence-electron chi connectivity index (χ2n) is 12.1. The van der Waals surface area contributed by atoms with Crippen LogP contribution in [0.5, 0.6) is 11.5 Å². The maximum Gasteiger partial charge on any atom is 0.326 e. The van der Waals surface area contributed by atoms with E-state index in [0.29, 0.717) is 5.69 Å². The van der Waals surface area contributed by atoms with Gasteiger partial charge in [0.05, 0.1) is 35.4 Å². The van der Waals surface area contributed by atoms with Gasteiger partial charge >= 0.3 is 5.69 Å². The number of aliphatic hydroxyl groups is 1. The van der Waals surface area contributed by atoms with Crippen molar-refractivity contribution in [2.75, 3.05) is 58.3 Å². The third-order valence-corrected chi connectivity index (χ3v) is 8.86. The molecule has 0 aliphatic carbocycles. The summed E-state index contributed by atoms with van der Waals surface area (Å²) >= 11 is 0. The van der Waals surface area contributed by atoms with E-state index >= 15 is 0 Å². The first kappa shape index (κ1) is 29.6. The number of imidazole rings is 1. The molecular formula is C32H37FN6O5. The molecule has 2 aliphatic heterocycles. The van der Waals surface area contributed by atoms with Crippen LogP contribution in [0.1, 0.15) is 28.8 Å². The maximum absolute atomic E-state index is 14.0. The zero-order chi connectivity index (χ0) is 31.0. The molecule has 1 unspecified atom stereocenters. The third-order valence-electron chi connectivity index (χ3n) is 8.86. The number of H-pyrrole nitrogens is 2. The average molecular weight is 605 g/mol. The van der Waals surface area contributed by atoms with Crippen LogP contribution in [-0.2, 0) is 13.0 Å². The van der Waals surface area contributed by atoms with Crippen LogP contribution in [0.2, 0.25) is 0 Å². The molecule has 4 heterocycles. The first-order valence-electron chi connectivity index (χ1n) is 14.9. The minimum atomic E-state index is -0.565. The number of carbonyl (C=O) groups excluding carboxylic acids is 1. The number of halogens is 1. The number of rotatable bonds is 9. The number of aliphatic hydroxyl groups excluding tert-OH is 1. The number of hydrogen-bond acceptors (Lipinski definition) is 7. The highest BCUT2D eigenvalue weighted by atomic mass is 19.1. The highest BCUT2D eigenvalue weighted by Gasteiger charge is 2.44. The molecule has 1 spiro atoms. The van der Waals surface area contributed by atoms with Crippen molar-refractivity contribution in [2.24, 2.45) is 5.41 Å². The van der Waals surface area contributed by atoms with E-state index in [-0.39, 0.29) is 41.3 Å². The molecule has 2 aromatic heterocycles. The summed E-state index contributed by atoms with van der Waals surface area (Å²) < 4.78 is 21.7. The minimum absolute atomic E-state index is 0.0433. The van der Waals surface area contributed by atoms with Crippen LogP contribution in [0.3, 0.4) is 0 Å². The number of benzene rings is 2. The number of amides is 1. The largest absolute Gasteiger partial charge is 0.448 e. The summed E-state index contributed by atoms with van der Waals surface area (Å²) in [6.07, 6.45) is 4.46. The van der Waals surface area contributed by atoms with Gasteiger partial charge in [0.25, 0.3) is 11.5 Å². The van der Waals surface area contributed by atoms with E-state index in [1.807, 2.05) is 24.3 Å². The molecule has 2 aliphatic rings. The number of aromatic amines is 2. The van der Waals surface area contributed by atoms with Gasteiger partial charge in [-0.15, -0.1) is 0 Å². The lowest BCUT2D eigenvalue weighted by Gasteiger charge is -2.26. The number of fused-ring (bicyclic) bond motifs is 1. The Morgan fingerprint density at radius 3 is 2.68 bits per heavy atom. The fourth-order valence-electron chi connectivity index (χ4n) is 6.58. The number of ether oxygens (including phenoxy) is 1. The van der Waals surface area contributed by atoms with Crippen molar-refractivity contribution in [1.82, 2.24) is 24.3 Å². The van der Waals surface area contributed by atoms with Crippen molar-refractivity contribution in [3.8, 4) is 11.5 Å². The minimum Gasteiger partial charge on any atom is -0.448 e. The van der Waals surface area contributed by atoms with E-state index < -0.39 is 17.3 Å². The van der Waals surface area contributed by atoms with Gasteiger partial charge in [-0.25, -0.2) is 9.18 Å². The van der Waals surface area contributed by atoms with Crippen LogP contribution in [0, 0.1) is 11.2 Å². The molecule has 12 heteroatoms. The van der Waals surface area contributed by atoms with Gasteiger partial charge in [-0.3, -0.25) is 14.2 Å². The maximum atomic E-state index is 14.0. The quantitative estimate of drug-likeness (QED) is 0.268. The molecule has 3 N–H and O–H groups in total. The molecule has 44 heavy (non-hydrogen) atoms. The number of anilines is 1. The van der Waals surface area contributed by atoms with Crippen molar-refractivity contribution in [3.05, 3.63) is 86.4 Å². The zero-order valence-electron chi connectivity index (χ0n) is 24.9. The molecule has 0 saturated carbocycles. The van der Waals surface area contributed by atoms with Crippen LogP contribution in [0.15, 0.2) is 58.3 Å². The van der Waals surface area contributed by atoms with Crippen molar-refractivity contribution in [2.45, 2.75) is 25.8 Å². The lowest BCUT2D eigenvalue weighted by molar-refractivity contribution is 0.0824. The Balaban J connectivity index is 1.14. The summed E-state index contributed by atoms with van der Waals surface area (Å²) in [5.74, 6) is -0.783. The molecule has 232 valence electrons. The van der Waals surface area contributed by atoms with Crippen LogP contribution in [-0.4, -0.2) is 88.8 Å². The molecule has 4 aromatic rings. The molecule has 2 aromatic carbocycles. The number of nitrogens with zero attached hydrogens (tertiary/aromatic N) is 4. The Morgan fingerprint density at radius 2 is 1.89 bits per heavy atom. The van der Waals surface area contributed by atoms with E-state index in [1.54, 1.807) is 24.9 Å². The van der Waals surface area contributed by atoms with Crippen LogP contribution < -0.4 is 20.9 Å². The SMILES string of the molecule is CN(C)C(=O)c1cc(F)ccc1Oc1c(N2CCC3(CCN(CCc4ccc5c(c4)[nH]c(=O)n5CCO)C3)C2)cc[nH]c1=O. The predicted octanol–water partition coefficient (Wildman–Crippen LogP) is 2.79. The van der Waals surface area contributed by atoms with Gasteiger partial charge < -0.3 is 34.5 Å². The van der Waals surface area contributed by atoms with E-state index in [1.165, 1.54) is 17.0 Å². The second kappa shape index (κ2) is 11.9.